The fraction of sp³-hybridized carbons (Fsp3) is 0.923. The van der Waals surface area contributed by atoms with Gasteiger partial charge in [0.2, 0.25) is 5.95 Å². The van der Waals surface area contributed by atoms with Gasteiger partial charge in [-0.15, -0.1) is 0 Å². The number of anilines is 1. The van der Waals surface area contributed by atoms with Crippen LogP contribution >= 0.6 is 0 Å². The zero-order valence-electron chi connectivity index (χ0n) is 14.1. The molecular weight excluding hydrogens is 318 g/mol. The molecule has 0 bridgehead atoms. The summed E-state index contributed by atoms with van der Waals surface area (Å²) < 4.78 is 31.1. The monoisotopic (exact) mass is 345 g/mol. The molecule has 0 saturated carbocycles. The number of aromatic nitrogens is 4. The molecule has 0 spiro atoms. The molecule has 0 aliphatic carbocycles. The first-order valence-electron chi connectivity index (χ1n) is 8.22. The van der Waals surface area contributed by atoms with Crippen molar-refractivity contribution in [3.63, 3.8) is 0 Å². The molecule has 10 heteroatoms. The molecule has 2 heterocycles. The number of piperidine rings is 1. The lowest BCUT2D eigenvalue weighted by molar-refractivity contribution is 0.382. The number of hydrogen-bond acceptors (Lipinski definition) is 6. The largest absolute Gasteiger partial charge is 0.340 e. The Morgan fingerprint density at radius 3 is 2.30 bits per heavy atom. The summed E-state index contributed by atoms with van der Waals surface area (Å²) in [5.41, 5.74) is 0. The summed E-state index contributed by atoms with van der Waals surface area (Å²) >= 11 is 0. The van der Waals surface area contributed by atoms with E-state index in [1.165, 1.54) is 0 Å². The van der Waals surface area contributed by atoms with Crippen LogP contribution in [0.15, 0.2) is 0 Å². The van der Waals surface area contributed by atoms with E-state index in [-0.39, 0.29) is 6.04 Å². The summed E-state index contributed by atoms with van der Waals surface area (Å²) in [6, 6.07) is -0.0337. The van der Waals surface area contributed by atoms with E-state index in [1.54, 1.807) is 16.0 Å². The van der Waals surface area contributed by atoms with Crippen LogP contribution in [0.25, 0.3) is 0 Å². The second-order valence-electron chi connectivity index (χ2n) is 5.89. The molecule has 23 heavy (non-hydrogen) atoms. The van der Waals surface area contributed by atoms with E-state index in [1.807, 2.05) is 13.8 Å². The van der Waals surface area contributed by atoms with E-state index in [0.717, 1.165) is 44.7 Å². The van der Waals surface area contributed by atoms with Crippen LogP contribution in [0, 0.1) is 0 Å². The van der Waals surface area contributed by atoms with Crippen LogP contribution in [-0.4, -0.2) is 65.2 Å². The Bertz CT molecular complexity index is 575. The molecule has 1 aromatic heterocycles. The number of nitrogens with one attached hydrogen (secondary N) is 1. The van der Waals surface area contributed by atoms with Crippen LogP contribution in [-0.2, 0) is 17.3 Å². The van der Waals surface area contributed by atoms with E-state index in [4.69, 9.17) is 0 Å². The van der Waals surface area contributed by atoms with Gasteiger partial charge >= 0.3 is 0 Å². The molecule has 132 valence electrons. The highest BCUT2D eigenvalue weighted by atomic mass is 32.2. The normalized spacial score (nSPS) is 17.1. The lowest BCUT2D eigenvalue weighted by atomic mass is 10.1. The zero-order chi connectivity index (χ0) is 16.9. The van der Waals surface area contributed by atoms with Crippen molar-refractivity contribution in [3.05, 3.63) is 0 Å². The average Bonchev–Trinajstić information content (AvgIpc) is 2.94. The number of nitrogens with zero attached hydrogens (tertiary/aromatic N) is 6. The van der Waals surface area contributed by atoms with Gasteiger partial charge in [-0.1, -0.05) is 18.9 Å². The molecule has 0 atom stereocenters. The lowest BCUT2D eigenvalue weighted by Crippen LogP contribution is -2.50. The van der Waals surface area contributed by atoms with Crippen LogP contribution in [0.4, 0.5) is 5.95 Å². The van der Waals surface area contributed by atoms with Gasteiger partial charge in [-0.05, 0) is 36.1 Å². The summed E-state index contributed by atoms with van der Waals surface area (Å²) in [7, 11) is -1.60. The van der Waals surface area contributed by atoms with Gasteiger partial charge in [0.05, 0.1) is 0 Å². The Kier molecular flexibility index (Phi) is 6.31. The van der Waals surface area contributed by atoms with Crippen LogP contribution < -0.4 is 9.62 Å². The van der Waals surface area contributed by atoms with E-state index in [2.05, 4.69) is 25.1 Å². The fourth-order valence-electron chi connectivity index (χ4n) is 2.83. The Balaban J connectivity index is 1.91. The van der Waals surface area contributed by atoms with E-state index >= 15 is 0 Å². The maximum Gasteiger partial charge on any atom is 0.279 e. The molecule has 1 N–H and O–H groups in total. The zero-order valence-corrected chi connectivity index (χ0v) is 15.0. The first-order chi connectivity index (χ1) is 11.0. The fourth-order valence-corrected chi connectivity index (χ4v) is 4.48. The Hall–Kier alpha value is -1.26. The minimum absolute atomic E-state index is 0.0337. The first kappa shape index (κ1) is 18.1. The predicted octanol–water partition coefficient (Wildman–Crippen LogP) is 0.135. The average molecular weight is 345 g/mol. The molecule has 0 unspecified atom stereocenters. The van der Waals surface area contributed by atoms with E-state index in [0.29, 0.717) is 13.1 Å². The van der Waals surface area contributed by atoms with Gasteiger partial charge in [0.1, 0.15) is 0 Å². The third-order valence-corrected chi connectivity index (χ3v) is 5.65. The molecule has 1 fully saturated rings. The van der Waals surface area contributed by atoms with Gasteiger partial charge < -0.3 is 4.90 Å². The molecule has 0 aromatic carbocycles. The smallest absolute Gasteiger partial charge is 0.279 e. The van der Waals surface area contributed by atoms with Gasteiger partial charge in [0.25, 0.3) is 10.2 Å². The summed E-state index contributed by atoms with van der Waals surface area (Å²) in [5, 5.41) is 11.5. The quantitative estimate of drug-likeness (QED) is 0.720. The van der Waals surface area contributed by atoms with Crippen molar-refractivity contribution in [1.29, 1.82) is 0 Å². The van der Waals surface area contributed by atoms with Crippen molar-refractivity contribution < 1.29 is 8.42 Å². The van der Waals surface area contributed by atoms with Crippen molar-refractivity contribution >= 4 is 16.2 Å². The second kappa shape index (κ2) is 8.02. The lowest BCUT2D eigenvalue weighted by Gasteiger charge is -2.33. The van der Waals surface area contributed by atoms with Gasteiger partial charge in [0.15, 0.2) is 0 Å². The molecule has 1 aromatic rings. The van der Waals surface area contributed by atoms with Crippen molar-refractivity contribution in [2.45, 2.75) is 45.6 Å². The van der Waals surface area contributed by atoms with Gasteiger partial charge in [-0.25, -0.2) is 4.68 Å². The Morgan fingerprint density at radius 1 is 1.22 bits per heavy atom. The summed E-state index contributed by atoms with van der Waals surface area (Å²) in [6.07, 6.45) is 3.13. The number of rotatable bonds is 8. The molecule has 1 aliphatic rings. The topological polar surface area (TPSA) is 96.2 Å². The second-order valence-corrected chi connectivity index (χ2v) is 7.59. The minimum atomic E-state index is -3.41. The predicted molar refractivity (Wildman–Crippen MR) is 88.2 cm³/mol. The highest BCUT2D eigenvalue weighted by molar-refractivity contribution is 7.87. The van der Waals surface area contributed by atoms with Crippen molar-refractivity contribution in [3.8, 4) is 0 Å². The van der Waals surface area contributed by atoms with Crippen LogP contribution in [0.5, 0.6) is 0 Å². The number of hydrogen-bond donors (Lipinski definition) is 1. The van der Waals surface area contributed by atoms with Gasteiger partial charge in [-0.2, -0.15) is 17.4 Å². The molecule has 2 rings (SSSR count). The standard InChI is InChI=1S/C13H27N7O2S/c1-4-8-20(9-5-2)23(21,22)15-12-6-10-19(11-7-12)13-14-16-17-18(13)3/h12,15H,4-11H2,1-3H3. The van der Waals surface area contributed by atoms with Gasteiger partial charge in [-0.3, -0.25) is 0 Å². The van der Waals surface area contributed by atoms with E-state index in [9.17, 15) is 8.42 Å². The third-order valence-electron chi connectivity index (χ3n) is 3.98. The molecule has 9 nitrogen and oxygen atoms in total. The molecular formula is C13H27N7O2S. The third kappa shape index (κ3) is 4.61. The highest BCUT2D eigenvalue weighted by Gasteiger charge is 2.28. The van der Waals surface area contributed by atoms with Crippen molar-refractivity contribution in [2.75, 3.05) is 31.1 Å². The minimum Gasteiger partial charge on any atom is -0.340 e. The maximum absolute atomic E-state index is 12.5. The maximum atomic E-state index is 12.5. The van der Waals surface area contributed by atoms with Crippen molar-refractivity contribution in [1.82, 2.24) is 29.2 Å². The van der Waals surface area contributed by atoms with Gasteiger partial charge in [0, 0.05) is 39.3 Å². The van der Waals surface area contributed by atoms with Crippen molar-refractivity contribution in [2.24, 2.45) is 7.05 Å². The summed E-state index contributed by atoms with van der Waals surface area (Å²) in [6.45, 7) is 6.59. The molecule has 0 amide bonds. The van der Waals surface area contributed by atoms with Crippen LogP contribution in [0.1, 0.15) is 39.5 Å². The first-order valence-corrected chi connectivity index (χ1v) is 9.66. The summed E-state index contributed by atoms with van der Waals surface area (Å²) in [5.74, 6) is 0.727. The molecule has 1 saturated heterocycles. The Labute approximate surface area is 138 Å². The highest BCUT2D eigenvalue weighted by Crippen LogP contribution is 2.17. The number of tetrazole rings is 1. The molecule has 1 aliphatic heterocycles. The van der Waals surface area contributed by atoms with Crippen LogP contribution in [0.2, 0.25) is 0 Å². The van der Waals surface area contributed by atoms with E-state index < -0.39 is 10.2 Å². The summed E-state index contributed by atoms with van der Waals surface area (Å²) in [4.78, 5) is 2.08. The number of aryl methyl sites for hydroxylation is 1. The SMILES string of the molecule is CCCN(CCC)S(=O)(=O)NC1CCN(c2nnnn2C)CC1. The Morgan fingerprint density at radius 2 is 1.83 bits per heavy atom. The van der Waals surface area contributed by atoms with Crippen LogP contribution in [0.3, 0.4) is 0 Å². The molecule has 0 radical (unpaired) electrons.